The van der Waals surface area contributed by atoms with Crippen LogP contribution in [0.1, 0.15) is 34.6 Å². The maximum Gasteiger partial charge on any atom is 0.282 e. The number of nitrogens with one attached hydrogen (secondary N) is 1. The van der Waals surface area contributed by atoms with Crippen LogP contribution in [0.5, 0.6) is 0 Å². The summed E-state index contributed by atoms with van der Waals surface area (Å²) < 4.78 is 0. The molecule has 0 spiro atoms. The van der Waals surface area contributed by atoms with Crippen LogP contribution in [0, 0.1) is 10.1 Å². The van der Waals surface area contributed by atoms with Crippen LogP contribution in [0.15, 0.2) is 35.7 Å². The number of rotatable bonds is 5. The van der Waals surface area contributed by atoms with Gasteiger partial charge in [0.15, 0.2) is 0 Å². The van der Waals surface area contributed by atoms with Crippen molar-refractivity contribution in [3.8, 4) is 0 Å². The van der Waals surface area contributed by atoms with Crippen LogP contribution in [-0.2, 0) is 0 Å². The van der Waals surface area contributed by atoms with E-state index >= 15 is 0 Å². The van der Waals surface area contributed by atoms with E-state index in [1.54, 1.807) is 0 Å². The molecule has 110 valence electrons. The van der Waals surface area contributed by atoms with E-state index in [0.29, 0.717) is 6.42 Å². The zero-order chi connectivity index (χ0) is 15.4. The zero-order valence-corrected chi connectivity index (χ0v) is 12.8. The number of benzene rings is 1. The molecule has 1 atom stereocenters. The molecule has 5 nitrogen and oxygen atoms in total. The van der Waals surface area contributed by atoms with Gasteiger partial charge in [-0.15, -0.1) is 11.3 Å². The van der Waals surface area contributed by atoms with Crippen molar-refractivity contribution in [3.63, 3.8) is 0 Å². The summed E-state index contributed by atoms with van der Waals surface area (Å²) in [6, 6.07) is 7.60. The van der Waals surface area contributed by atoms with Crippen molar-refractivity contribution in [2.45, 2.75) is 19.4 Å². The average Bonchev–Trinajstić information content (AvgIpc) is 2.98. The number of nitro benzene ring substituents is 1. The third kappa shape index (κ3) is 3.59. The summed E-state index contributed by atoms with van der Waals surface area (Å²) in [5.41, 5.74) is -0.277. The number of hydrogen-bond donors (Lipinski definition) is 1. The first-order valence-electron chi connectivity index (χ1n) is 6.31. The summed E-state index contributed by atoms with van der Waals surface area (Å²) in [6.07, 6.45) is 0.695. The molecule has 1 aromatic heterocycles. The Balaban J connectivity index is 2.27. The summed E-state index contributed by atoms with van der Waals surface area (Å²) >= 11 is 7.37. The molecule has 0 aliphatic rings. The number of hydrogen-bond acceptors (Lipinski definition) is 4. The molecule has 0 bridgehead atoms. The Bertz CT molecular complexity index is 658. The highest BCUT2D eigenvalue weighted by Crippen LogP contribution is 2.26. The quantitative estimate of drug-likeness (QED) is 0.662. The van der Waals surface area contributed by atoms with Crippen LogP contribution < -0.4 is 5.32 Å². The summed E-state index contributed by atoms with van der Waals surface area (Å²) in [5, 5.41) is 16.0. The number of nitro groups is 1. The van der Waals surface area contributed by atoms with Crippen LogP contribution in [0.3, 0.4) is 0 Å². The fraction of sp³-hybridized carbons (Fsp3) is 0.214. The molecular weight excluding hydrogens is 312 g/mol. The maximum atomic E-state index is 12.3. The number of thiophene rings is 1. The van der Waals surface area contributed by atoms with Crippen LogP contribution in [0.2, 0.25) is 5.02 Å². The molecule has 1 amide bonds. The van der Waals surface area contributed by atoms with Gasteiger partial charge >= 0.3 is 0 Å². The Morgan fingerprint density at radius 1 is 1.48 bits per heavy atom. The molecule has 1 N–H and O–H groups in total. The van der Waals surface area contributed by atoms with E-state index in [0.717, 1.165) is 4.88 Å². The van der Waals surface area contributed by atoms with E-state index in [1.165, 1.54) is 29.5 Å². The van der Waals surface area contributed by atoms with Gasteiger partial charge in [-0.3, -0.25) is 14.9 Å². The van der Waals surface area contributed by atoms with E-state index in [4.69, 9.17) is 11.6 Å². The van der Waals surface area contributed by atoms with E-state index in [-0.39, 0.29) is 22.3 Å². The SMILES string of the molecule is CCC(NC(=O)c1cc(Cl)ccc1[N+](=O)[O-])c1cccs1. The van der Waals surface area contributed by atoms with Gasteiger partial charge in [-0.05, 0) is 30.0 Å². The molecule has 0 aliphatic heterocycles. The summed E-state index contributed by atoms with van der Waals surface area (Å²) in [6.45, 7) is 1.94. The molecule has 21 heavy (non-hydrogen) atoms. The molecule has 0 aliphatic carbocycles. The molecule has 0 saturated carbocycles. The average molecular weight is 325 g/mol. The van der Waals surface area contributed by atoms with Crippen molar-refractivity contribution in [3.05, 3.63) is 61.3 Å². The van der Waals surface area contributed by atoms with E-state index < -0.39 is 10.8 Å². The third-order valence-electron chi connectivity index (χ3n) is 3.00. The predicted molar refractivity (Wildman–Crippen MR) is 82.9 cm³/mol. The monoisotopic (exact) mass is 324 g/mol. The highest BCUT2D eigenvalue weighted by atomic mass is 35.5. The van der Waals surface area contributed by atoms with E-state index in [1.807, 2.05) is 24.4 Å². The normalized spacial score (nSPS) is 11.9. The number of carbonyl (C=O) groups excluding carboxylic acids is 1. The van der Waals surface area contributed by atoms with Gasteiger partial charge in [0, 0.05) is 16.0 Å². The van der Waals surface area contributed by atoms with Crippen molar-refractivity contribution in [1.29, 1.82) is 0 Å². The second kappa shape index (κ2) is 6.69. The highest BCUT2D eigenvalue weighted by molar-refractivity contribution is 7.10. The number of amides is 1. The summed E-state index contributed by atoms with van der Waals surface area (Å²) in [7, 11) is 0. The fourth-order valence-electron chi connectivity index (χ4n) is 1.95. The maximum absolute atomic E-state index is 12.3. The van der Waals surface area contributed by atoms with Gasteiger partial charge in [0.05, 0.1) is 11.0 Å². The van der Waals surface area contributed by atoms with Crippen LogP contribution in [0.25, 0.3) is 0 Å². The number of carbonyl (C=O) groups is 1. The van der Waals surface area contributed by atoms with Gasteiger partial charge in [-0.25, -0.2) is 0 Å². The molecule has 7 heteroatoms. The van der Waals surface area contributed by atoms with E-state index in [9.17, 15) is 14.9 Å². The minimum absolute atomic E-state index is 0.0255. The van der Waals surface area contributed by atoms with Gasteiger partial charge < -0.3 is 5.32 Å². The minimum atomic E-state index is -0.586. The lowest BCUT2D eigenvalue weighted by atomic mass is 10.1. The standard InChI is InChI=1S/C14H13ClN2O3S/c1-2-11(13-4-3-7-21-13)16-14(18)10-8-9(15)5-6-12(10)17(19)20/h3-8,11H,2H2,1H3,(H,16,18). The van der Waals surface area contributed by atoms with Crippen molar-refractivity contribution >= 4 is 34.5 Å². The first-order valence-corrected chi connectivity index (χ1v) is 7.57. The number of halogens is 1. The lowest BCUT2D eigenvalue weighted by molar-refractivity contribution is -0.385. The predicted octanol–water partition coefficient (Wildman–Crippen LogP) is 4.19. The van der Waals surface area contributed by atoms with Gasteiger partial charge in [-0.1, -0.05) is 24.6 Å². The van der Waals surface area contributed by atoms with Gasteiger partial charge in [0.2, 0.25) is 0 Å². The Kier molecular flexibility index (Phi) is 4.93. The Morgan fingerprint density at radius 3 is 2.81 bits per heavy atom. The van der Waals surface area contributed by atoms with Gasteiger partial charge in [0.25, 0.3) is 11.6 Å². The molecule has 2 aromatic rings. The topological polar surface area (TPSA) is 72.2 Å². The molecule has 2 rings (SSSR count). The lowest BCUT2D eigenvalue weighted by Crippen LogP contribution is -2.28. The first-order chi connectivity index (χ1) is 10.0. The minimum Gasteiger partial charge on any atom is -0.344 e. The van der Waals surface area contributed by atoms with Crippen molar-refractivity contribution in [2.24, 2.45) is 0 Å². The van der Waals surface area contributed by atoms with Crippen LogP contribution >= 0.6 is 22.9 Å². The van der Waals surface area contributed by atoms with E-state index in [2.05, 4.69) is 5.32 Å². The molecule has 1 unspecified atom stereocenters. The third-order valence-corrected chi connectivity index (χ3v) is 4.22. The molecular formula is C14H13ClN2O3S. The van der Waals surface area contributed by atoms with Gasteiger partial charge in [-0.2, -0.15) is 0 Å². The molecule has 1 aromatic carbocycles. The Hall–Kier alpha value is -1.92. The lowest BCUT2D eigenvalue weighted by Gasteiger charge is -2.15. The van der Waals surface area contributed by atoms with Crippen LogP contribution in [-0.4, -0.2) is 10.8 Å². The Labute approximate surface area is 130 Å². The van der Waals surface area contributed by atoms with Crippen molar-refractivity contribution < 1.29 is 9.72 Å². The van der Waals surface area contributed by atoms with Crippen LogP contribution in [0.4, 0.5) is 5.69 Å². The molecule has 0 radical (unpaired) electrons. The number of nitrogens with zero attached hydrogens (tertiary/aromatic N) is 1. The zero-order valence-electron chi connectivity index (χ0n) is 11.2. The second-order valence-corrected chi connectivity index (χ2v) is 5.78. The molecule has 0 fully saturated rings. The largest absolute Gasteiger partial charge is 0.344 e. The van der Waals surface area contributed by atoms with Crippen molar-refractivity contribution in [1.82, 2.24) is 5.32 Å². The smallest absolute Gasteiger partial charge is 0.282 e. The highest BCUT2D eigenvalue weighted by Gasteiger charge is 2.23. The second-order valence-electron chi connectivity index (χ2n) is 4.37. The van der Waals surface area contributed by atoms with Crippen molar-refractivity contribution in [2.75, 3.05) is 0 Å². The Morgan fingerprint density at radius 2 is 2.24 bits per heavy atom. The molecule has 0 saturated heterocycles. The first kappa shape index (κ1) is 15.5. The summed E-state index contributed by atoms with van der Waals surface area (Å²) in [4.78, 5) is 23.7. The summed E-state index contributed by atoms with van der Waals surface area (Å²) in [5.74, 6) is -0.496. The fourth-order valence-corrected chi connectivity index (χ4v) is 2.98. The van der Waals surface area contributed by atoms with Gasteiger partial charge in [0.1, 0.15) is 5.56 Å². The molecule has 1 heterocycles.